The first-order valence-corrected chi connectivity index (χ1v) is 11.8. The van der Waals surface area contributed by atoms with Gasteiger partial charge in [-0.1, -0.05) is 53.7 Å². The number of nitrogens with one attached hydrogen (secondary N) is 1. The SMILES string of the molecule is COc1ccc(Cl)cc1-n1c(C)cc(/C=C2\C(=N)N3C(c4ccccc4)=CSC3=NC2=O)c1C. The number of carbonyl (C=O) groups is 1. The second-order valence-electron chi connectivity index (χ2n) is 7.91. The number of thioether (sulfide) groups is 1. The molecule has 2 aliphatic heterocycles. The topological polar surface area (TPSA) is 70.7 Å². The van der Waals surface area contributed by atoms with Crippen molar-refractivity contribution in [1.82, 2.24) is 9.47 Å². The standard InChI is InChI=1S/C26H21ClN4O2S/c1-15-11-18(16(2)30(15)21-13-19(27)9-10-23(21)33-3)12-20-24(28)31-22(17-7-5-4-6-8-17)14-34-26(31)29-25(20)32/h4-14,28H,1-3H3/b20-12+,28-24?. The predicted molar refractivity (Wildman–Crippen MR) is 139 cm³/mol. The molecule has 0 atom stereocenters. The van der Waals surface area contributed by atoms with Gasteiger partial charge in [-0.3, -0.25) is 15.1 Å². The molecule has 3 heterocycles. The highest BCUT2D eigenvalue weighted by Gasteiger charge is 2.36. The van der Waals surface area contributed by atoms with Crippen molar-refractivity contribution in [1.29, 1.82) is 5.41 Å². The quantitative estimate of drug-likeness (QED) is 0.453. The predicted octanol–water partition coefficient (Wildman–Crippen LogP) is 6.06. The first-order chi connectivity index (χ1) is 16.4. The van der Waals surface area contributed by atoms with Crippen LogP contribution in [-0.4, -0.2) is 33.5 Å². The first kappa shape index (κ1) is 22.3. The Bertz CT molecular complexity index is 1440. The zero-order valence-corrected chi connectivity index (χ0v) is 20.4. The minimum atomic E-state index is -0.420. The largest absolute Gasteiger partial charge is 0.495 e. The molecule has 6 nitrogen and oxygen atoms in total. The van der Waals surface area contributed by atoms with Crippen molar-refractivity contribution in [3.8, 4) is 11.4 Å². The molecule has 2 aromatic carbocycles. The van der Waals surface area contributed by atoms with Crippen LogP contribution in [0.2, 0.25) is 5.02 Å². The Kier molecular flexibility index (Phi) is 5.67. The van der Waals surface area contributed by atoms with E-state index in [0.717, 1.165) is 33.9 Å². The summed E-state index contributed by atoms with van der Waals surface area (Å²) in [6.07, 6.45) is 1.74. The Morgan fingerprint density at radius 2 is 1.88 bits per heavy atom. The lowest BCUT2D eigenvalue weighted by molar-refractivity contribution is -0.114. The van der Waals surface area contributed by atoms with Gasteiger partial charge >= 0.3 is 0 Å². The zero-order valence-electron chi connectivity index (χ0n) is 18.8. The summed E-state index contributed by atoms with van der Waals surface area (Å²) in [4.78, 5) is 18.9. The fourth-order valence-corrected chi connectivity index (χ4v) is 5.27. The van der Waals surface area contributed by atoms with Gasteiger partial charge in [-0.2, -0.15) is 4.99 Å². The summed E-state index contributed by atoms with van der Waals surface area (Å²) in [5.41, 5.74) is 5.52. The summed E-state index contributed by atoms with van der Waals surface area (Å²) >= 11 is 7.62. The summed E-state index contributed by atoms with van der Waals surface area (Å²) in [7, 11) is 1.62. The van der Waals surface area contributed by atoms with Gasteiger partial charge in [0, 0.05) is 21.8 Å². The average molecular weight is 489 g/mol. The van der Waals surface area contributed by atoms with Gasteiger partial charge in [0.05, 0.1) is 24.1 Å². The van der Waals surface area contributed by atoms with Crippen LogP contribution < -0.4 is 4.74 Å². The molecule has 0 saturated heterocycles. The Hall–Kier alpha value is -3.55. The smallest absolute Gasteiger partial charge is 0.283 e. The van der Waals surface area contributed by atoms with Gasteiger partial charge < -0.3 is 9.30 Å². The molecule has 34 heavy (non-hydrogen) atoms. The Labute approximate surface area is 206 Å². The Morgan fingerprint density at radius 3 is 2.62 bits per heavy atom. The van der Waals surface area contributed by atoms with Crippen molar-refractivity contribution in [3.05, 3.63) is 93.1 Å². The number of methoxy groups -OCH3 is 1. The summed E-state index contributed by atoms with van der Waals surface area (Å²) in [6.45, 7) is 3.94. The average Bonchev–Trinajstić information content (AvgIpc) is 3.37. The number of halogens is 1. The first-order valence-electron chi connectivity index (χ1n) is 10.6. The van der Waals surface area contributed by atoms with Crippen molar-refractivity contribution >= 4 is 52.0 Å². The van der Waals surface area contributed by atoms with Crippen molar-refractivity contribution in [2.24, 2.45) is 4.99 Å². The molecule has 2 aliphatic rings. The van der Waals surface area contributed by atoms with E-state index >= 15 is 0 Å². The number of nitrogens with zero attached hydrogens (tertiary/aromatic N) is 3. The number of aryl methyl sites for hydroxylation is 1. The number of amides is 1. The molecule has 8 heteroatoms. The molecule has 1 amide bonds. The maximum Gasteiger partial charge on any atom is 0.283 e. The van der Waals surface area contributed by atoms with E-state index < -0.39 is 5.91 Å². The number of aliphatic imine (C=N–C) groups is 1. The van der Waals surface area contributed by atoms with Crippen molar-refractivity contribution in [3.63, 3.8) is 0 Å². The minimum Gasteiger partial charge on any atom is -0.495 e. The molecule has 0 bridgehead atoms. The Balaban J connectivity index is 1.57. The summed E-state index contributed by atoms with van der Waals surface area (Å²) in [5, 5.41) is 11.9. The number of fused-ring (bicyclic) bond motifs is 1. The highest BCUT2D eigenvalue weighted by atomic mass is 35.5. The fraction of sp³-hybridized carbons (Fsp3) is 0.115. The van der Waals surface area contributed by atoms with Gasteiger partial charge in [0.1, 0.15) is 11.6 Å². The van der Waals surface area contributed by atoms with E-state index in [9.17, 15) is 4.79 Å². The van der Waals surface area contributed by atoms with E-state index in [1.807, 2.05) is 72.4 Å². The molecule has 170 valence electrons. The van der Waals surface area contributed by atoms with Crippen molar-refractivity contribution in [2.75, 3.05) is 7.11 Å². The second kappa shape index (κ2) is 8.66. The number of rotatable bonds is 4. The molecular weight excluding hydrogens is 468 g/mol. The summed E-state index contributed by atoms with van der Waals surface area (Å²) < 4.78 is 7.57. The van der Waals surface area contributed by atoms with Crippen LogP contribution in [0, 0.1) is 19.3 Å². The van der Waals surface area contributed by atoms with Crippen LogP contribution in [-0.2, 0) is 4.79 Å². The molecule has 5 rings (SSSR count). The normalized spacial score (nSPS) is 16.6. The molecule has 1 N–H and O–H groups in total. The van der Waals surface area contributed by atoms with Crippen LogP contribution in [0.25, 0.3) is 17.5 Å². The molecule has 0 fully saturated rings. The van der Waals surface area contributed by atoms with Crippen LogP contribution in [0.1, 0.15) is 22.5 Å². The molecule has 1 aromatic heterocycles. The number of benzene rings is 2. The number of hydrogen-bond acceptors (Lipinski definition) is 4. The van der Waals surface area contributed by atoms with Crippen LogP contribution in [0.5, 0.6) is 5.75 Å². The maximum atomic E-state index is 12.9. The number of carbonyl (C=O) groups excluding carboxylic acids is 1. The van der Waals surface area contributed by atoms with Crippen molar-refractivity contribution in [2.45, 2.75) is 13.8 Å². The van der Waals surface area contributed by atoms with E-state index in [-0.39, 0.29) is 11.4 Å². The third-order valence-corrected chi connectivity index (χ3v) is 6.90. The number of amidine groups is 2. The second-order valence-corrected chi connectivity index (χ2v) is 9.18. The van der Waals surface area contributed by atoms with E-state index in [1.165, 1.54) is 11.8 Å². The van der Waals surface area contributed by atoms with Crippen molar-refractivity contribution < 1.29 is 9.53 Å². The van der Waals surface area contributed by atoms with Gasteiger partial charge in [0.15, 0.2) is 5.17 Å². The third kappa shape index (κ3) is 3.67. The highest BCUT2D eigenvalue weighted by molar-refractivity contribution is 8.17. The molecule has 3 aromatic rings. The minimum absolute atomic E-state index is 0.111. The zero-order chi connectivity index (χ0) is 24.0. The van der Waals surface area contributed by atoms with Crippen LogP contribution in [0.4, 0.5) is 0 Å². The van der Waals surface area contributed by atoms with Gasteiger partial charge in [-0.05, 0) is 55.3 Å². The molecule has 0 spiro atoms. The van der Waals surface area contributed by atoms with E-state index in [1.54, 1.807) is 24.2 Å². The van der Waals surface area contributed by atoms with Gasteiger partial charge in [-0.15, -0.1) is 0 Å². The molecular formula is C26H21ClN4O2S. The molecule has 0 saturated carbocycles. The lowest BCUT2D eigenvalue weighted by atomic mass is 10.1. The highest BCUT2D eigenvalue weighted by Crippen LogP contribution is 2.38. The lowest BCUT2D eigenvalue weighted by Crippen LogP contribution is -2.38. The molecule has 0 unspecified atom stereocenters. The van der Waals surface area contributed by atoms with Gasteiger partial charge in [-0.25, -0.2) is 0 Å². The number of ether oxygens (including phenoxy) is 1. The van der Waals surface area contributed by atoms with E-state index in [4.69, 9.17) is 21.7 Å². The Morgan fingerprint density at radius 1 is 1.12 bits per heavy atom. The van der Waals surface area contributed by atoms with Crippen LogP contribution >= 0.6 is 23.4 Å². The summed E-state index contributed by atoms with van der Waals surface area (Å²) in [5.74, 6) is 0.379. The van der Waals surface area contributed by atoms with Crippen LogP contribution in [0.15, 0.2) is 70.6 Å². The van der Waals surface area contributed by atoms with Gasteiger partial charge in [0.25, 0.3) is 5.91 Å². The molecule has 0 aliphatic carbocycles. The number of hydrogen-bond donors (Lipinski definition) is 1. The van der Waals surface area contributed by atoms with E-state index in [2.05, 4.69) is 4.99 Å². The fourth-order valence-electron chi connectivity index (χ4n) is 4.21. The third-order valence-electron chi connectivity index (χ3n) is 5.84. The number of aromatic nitrogens is 1. The maximum absolute atomic E-state index is 12.9. The molecule has 0 radical (unpaired) electrons. The van der Waals surface area contributed by atoms with E-state index in [0.29, 0.717) is 15.9 Å². The lowest BCUT2D eigenvalue weighted by Gasteiger charge is -2.26. The van der Waals surface area contributed by atoms with Gasteiger partial charge in [0.2, 0.25) is 0 Å². The summed E-state index contributed by atoms with van der Waals surface area (Å²) in [6, 6.07) is 17.2. The van der Waals surface area contributed by atoms with Crippen LogP contribution in [0.3, 0.4) is 0 Å². The monoisotopic (exact) mass is 488 g/mol.